The van der Waals surface area contributed by atoms with Crippen molar-refractivity contribution in [3.63, 3.8) is 0 Å². The first-order valence-corrected chi connectivity index (χ1v) is 12.5. The Hall–Kier alpha value is -5.23. The van der Waals surface area contributed by atoms with Crippen LogP contribution in [0.5, 0.6) is 5.75 Å². The third-order valence-corrected chi connectivity index (χ3v) is 7.27. The summed E-state index contributed by atoms with van der Waals surface area (Å²) in [5.41, 5.74) is 1.37. The molecular weight excluding hydrogens is 488 g/mol. The molecule has 0 saturated heterocycles. The van der Waals surface area contributed by atoms with Gasteiger partial charge in [-0.3, -0.25) is 14.4 Å². The topological polar surface area (TPSA) is 82.4 Å². The molecule has 39 heavy (non-hydrogen) atoms. The van der Waals surface area contributed by atoms with E-state index in [0.29, 0.717) is 22.2 Å². The second-order valence-corrected chi connectivity index (χ2v) is 9.49. The van der Waals surface area contributed by atoms with E-state index in [1.54, 1.807) is 44.5 Å². The van der Waals surface area contributed by atoms with Gasteiger partial charge in [0.2, 0.25) is 5.78 Å². The molecule has 0 spiro atoms. The number of Topliss-reactive ketones (excluding diaryl/α,β-unsaturated/α-hetero) is 1. The number of fused-ring (bicyclic) bond motifs is 6. The summed E-state index contributed by atoms with van der Waals surface area (Å²) in [6, 6.07) is 22.5. The van der Waals surface area contributed by atoms with E-state index in [-0.39, 0.29) is 22.7 Å². The fraction of sp³-hybridized carbons (Fsp3) is 0.0606. The number of hydrogen-bond acceptors (Lipinski definition) is 4. The number of hydrogen-bond donors (Lipinski definition) is 0. The molecule has 6 nitrogen and oxygen atoms in total. The summed E-state index contributed by atoms with van der Waals surface area (Å²) in [5.74, 6) is -1.08. The summed E-state index contributed by atoms with van der Waals surface area (Å²) in [6.07, 6.45) is 7.64. The van der Waals surface area contributed by atoms with Crippen LogP contribution in [0.25, 0.3) is 38.5 Å². The Balaban J connectivity index is 1.33. The summed E-state index contributed by atoms with van der Waals surface area (Å²) in [7, 11) is 3.32. The van der Waals surface area contributed by atoms with Crippen molar-refractivity contribution in [3.05, 3.63) is 124 Å². The molecule has 1 aliphatic rings. The number of allylic oxidation sites excluding steroid dienone is 4. The Morgan fingerprint density at radius 1 is 0.718 bits per heavy atom. The van der Waals surface area contributed by atoms with Crippen LogP contribution in [-0.4, -0.2) is 23.3 Å². The van der Waals surface area contributed by atoms with Gasteiger partial charge < -0.3 is 14.6 Å². The number of nitrogens with zero attached hydrogens (tertiary/aromatic N) is 2. The number of anilines is 1. The van der Waals surface area contributed by atoms with E-state index in [9.17, 15) is 19.5 Å². The summed E-state index contributed by atoms with van der Waals surface area (Å²) >= 11 is 0. The van der Waals surface area contributed by atoms with E-state index in [2.05, 4.69) is 0 Å². The van der Waals surface area contributed by atoms with Crippen molar-refractivity contribution in [2.75, 3.05) is 11.9 Å². The summed E-state index contributed by atoms with van der Waals surface area (Å²) < 4.78 is 1.50. The van der Waals surface area contributed by atoms with Gasteiger partial charge in [-0.25, -0.2) is 0 Å². The molecule has 0 aliphatic carbocycles. The zero-order valence-corrected chi connectivity index (χ0v) is 21.3. The van der Waals surface area contributed by atoms with Crippen LogP contribution < -0.4 is 15.6 Å². The van der Waals surface area contributed by atoms with Crippen LogP contribution in [0.1, 0.15) is 15.9 Å². The summed E-state index contributed by atoms with van der Waals surface area (Å²) in [6.45, 7) is 0. The van der Waals surface area contributed by atoms with Crippen molar-refractivity contribution >= 4 is 55.9 Å². The highest BCUT2D eigenvalue weighted by Gasteiger charge is 2.33. The quantitative estimate of drug-likeness (QED) is 0.143. The third kappa shape index (κ3) is 3.77. The third-order valence-electron chi connectivity index (χ3n) is 7.27. The van der Waals surface area contributed by atoms with Crippen LogP contribution in [-0.2, 0) is 11.8 Å². The second-order valence-electron chi connectivity index (χ2n) is 9.49. The molecule has 6 heteroatoms. The Bertz CT molecular complexity index is 2010. The molecule has 1 aromatic heterocycles. The predicted molar refractivity (Wildman–Crippen MR) is 154 cm³/mol. The van der Waals surface area contributed by atoms with Gasteiger partial charge in [-0.2, -0.15) is 0 Å². The number of likely N-dealkylation sites (N-methyl/N-ethyl adjacent to an activating group) is 1. The summed E-state index contributed by atoms with van der Waals surface area (Å²) in [4.78, 5) is 40.8. The molecule has 0 saturated carbocycles. The maximum Gasteiger partial charge on any atom is 0.262 e. The Kier molecular flexibility index (Phi) is 5.73. The van der Waals surface area contributed by atoms with Crippen molar-refractivity contribution < 1.29 is 14.7 Å². The van der Waals surface area contributed by atoms with Gasteiger partial charge in [0.05, 0.1) is 16.8 Å². The molecule has 1 aliphatic heterocycles. The Morgan fingerprint density at radius 3 is 2.15 bits per heavy atom. The van der Waals surface area contributed by atoms with Crippen LogP contribution in [0.3, 0.4) is 0 Å². The molecule has 190 valence electrons. The minimum atomic E-state index is -0.394. The zero-order chi connectivity index (χ0) is 27.3. The number of pyridine rings is 1. The lowest BCUT2D eigenvalue weighted by Gasteiger charge is -2.27. The smallest absolute Gasteiger partial charge is 0.262 e. The molecule has 0 fully saturated rings. The van der Waals surface area contributed by atoms with Gasteiger partial charge >= 0.3 is 0 Å². The Morgan fingerprint density at radius 2 is 1.38 bits per heavy atom. The maximum absolute atomic E-state index is 13.2. The second kappa shape index (κ2) is 9.26. The highest BCUT2D eigenvalue weighted by atomic mass is 16.3. The first-order chi connectivity index (χ1) is 18.9. The maximum atomic E-state index is 13.2. The van der Waals surface area contributed by atoms with E-state index >= 15 is 0 Å². The number of carbonyl (C=O) groups is 2. The number of carbonyl (C=O) groups excluding carboxylic acids is 2. The van der Waals surface area contributed by atoms with Crippen LogP contribution in [0.4, 0.5) is 5.69 Å². The zero-order valence-electron chi connectivity index (χ0n) is 21.3. The van der Waals surface area contributed by atoms with Gasteiger partial charge in [-0.05, 0) is 28.3 Å². The molecule has 0 unspecified atom stereocenters. The number of rotatable bonds is 3. The normalized spacial score (nSPS) is 15.0. The number of ketones is 1. The van der Waals surface area contributed by atoms with E-state index < -0.39 is 11.5 Å². The van der Waals surface area contributed by atoms with Crippen LogP contribution in [0.2, 0.25) is 0 Å². The van der Waals surface area contributed by atoms with Gasteiger partial charge in [-0.15, -0.1) is 0 Å². The van der Waals surface area contributed by atoms with E-state index in [1.165, 1.54) is 21.6 Å². The van der Waals surface area contributed by atoms with Crippen molar-refractivity contribution in [2.24, 2.45) is 7.05 Å². The van der Waals surface area contributed by atoms with Crippen molar-refractivity contribution in [1.29, 1.82) is 0 Å². The molecule has 0 bridgehead atoms. The number of benzene rings is 4. The lowest BCUT2D eigenvalue weighted by atomic mass is 9.92. The van der Waals surface area contributed by atoms with Crippen LogP contribution in [0.15, 0.2) is 107 Å². The molecule has 0 N–H and O–H groups in total. The highest BCUT2D eigenvalue weighted by Crippen LogP contribution is 2.36. The lowest BCUT2D eigenvalue weighted by Crippen LogP contribution is -2.36. The lowest BCUT2D eigenvalue weighted by molar-refractivity contribution is -0.266. The van der Waals surface area contributed by atoms with E-state index in [0.717, 1.165) is 21.5 Å². The van der Waals surface area contributed by atoms with E-state index in [4.69, 9.17) is 0 Å². The predicted octanol–water partition coefficient (Wildman–Crippen LogP) is 5.27. The fourth-order valence-electron chi connectivity index (χ4n) is 5.31. The average molecular weight is 512 g/mol. The molecule has 1 amide bonds. The molecule has 5 aromatic rings. The molecule has 0 radical (unpaired) electrons. The first-order valence-electron chi connectivity index (χ1n) is 12.5. The van der Waals surface area contributed by atoms with Gasteiger partial charge in [0.15, 0.2) is 0 Å². The fourth-order valence-corrected chi connectivity index (χ4v) is 5.31. The number of aryl methyl sites for hydroxylation is 1. The Labute approximate surface area is 224 Å². The molecule has 2 heterocycles. The molecular formula is C33H23N2O4-. The summed E-state index contributed by atoms with van der Waals surface area (Å²) in [5, 5.41) is 17.2. The minimum Gasteiger partial charge on any atom is -0.871 e. The number of aromatic nitrogens is 1. The molecule has 0 atom stereocenters. The molecule has 4 aromatic carbocycles. The minimum absolute atomic E-state index is 0.0444. The largest absolute Gasteiger partial charge is 0.871 e. The van der Waals surface area contributed by atoms with Gasteiger partial charge in [-0.1, -0.05) is 96.8 Å². The monoisotopic (exact) mass is 511 g/mol. The average Bonchev–Trinajstić information content (AvgIpc) is 2.96. The van der Waals surface area contributed by atoms with Crippen molar-refractivity contribution in [3.8, 4) is 5.75 Å². The van der Waals surface area contributed by atoms with Crippen molar-refractivity contribution in [2.45, 2.75) is 0 Å². The van der Waals surface area contributed by atoms with Crippen LogP contribution in [0, 0.1) is 0 Å². The van der Waals surface area contributed by atoms with Gasteiger partial charge in [0.1, 0.15) is 0 Å². The van der Waals surface area contributed by atoms with Gasteiger partial charge in [0, 0.05) is 36.0 Å². The van der Waals surface area contributed by atoms with Gasteiger partial charge in [0.25, 0.3) is 11.5 Å². The first kappa shape index (κ1) is 24.1. The van der Waals surface area contributed by atoms with Crippen molar-refractivity contribution in [1.82, 2.24) is 4.57 Å². The number of amides is 1. The molecule has 6 rings (SSSR count). The van der Waals surface area contributed by atoms with Crippen LogP contribution >= 0.6 is 0 Å². The standard InChI is InChI=1S/C33H24N2O4/c1-34-28-22-12-8-6-10-20(22)16-18-24(28)30(36)26(32(34)38)14-4-3-5-15-27-31(37)25-19-17-21-11-7-9-13-23(21)29(25)35(2)33(27)39/h3-19,36H,1-2H3/p-1/b5-3?,14-4?,27-15-. The highest BCUT2D eigenvalue weighted by molar-refractivity contribution is 6.36. The SMILES string of the molecule is CN1C(=O)/C(=C\C=CC=Cc2c([O-])c3ccc4ccccc4c3n(C)c2=O)C(=O)c2ccc3ccccc3c21. The van der Waals surface area contributed by atoms with E-state index in [1.807, 2.05) is 60.7 Å².